The van der Waals surface area contributed by atoms with Crippen LogP contribution in [0.25, 0.3) is 0 Å². The molecule has 8 nitrogen and oxygen atoms in total. The Morgan fingerprint density at radius 1 is 1.02 bits per heavy atom. The molecule has 0 aromatic heterocycles. The molecule has 0 aliphatic heterocycles. The molecule has 0 spiro atoms. The predicted molar refractivity (Wildman–Crippen MR) is 154 cm³/mol. The van der Waals surface area contributed by atoms with E-state index in [1.807, 2.05) is 6.92 Å². The Bertz CT molecular complexity index is 1440. The number of sulfonamides is 1. The van der Waals surface area contributed by atoms with Crippen molar-refractivity contribution in [3.8, 4) is 5.75 Å². The molecule has 214 valence electrons. The highest BCUT2D eigenvalue weighted by molar-refractivity contribution is 7.92. The molecule has 0 saturated carbocycles. The van der Waals surface area contributed by atoms with Gasteiger partial charge in [-0.1, -0.05) is 36.2 Å². The molecule has 2 amide bonds. The van der Waals surface area contributed by atoms with E-state index in [-0.39, 0.29) is 22.2 Å². The van der Waals surface area contributed by atoms with Crippen molar-refractivity contribution in [1.82, 2.24) is 10.2 Å². The number of nitrogens with one attached hydrogen (secondary N) is 1. The van der Waals surface area contributed by atoms with E-state index in [1.54, 1.807) is 19.1 Å². The smallest absolute Gasteiger partial charge is 0.264 e. The quantitative estimate of drug-likeness (QED) is 0.301. The van der Waals surface area contributed by atoms with Gasteiger partial charge in [-0.15, -0.1) is 0 Å². The van der Waals surface area contributed by atoms with E-state index in [2.05, 4.69) is 5.32 Å². The number of hydrogen-bond donors (Lipinski definition) is 1. The maximum atomic E-state index is 13.9. The fourth-order valence-corrected chi connectivity index (χ4v) is 5.71. The summed E-state index contributed by atoms with van der Waals surface area (Å²) in [5, 5.41) is 3.44. The minimum atomic E-state index is -4.30. The van der Waals surface area contributed by atoms with Crippen LogP contribution in [0.2, 0.25) is 10.0 Å². The molecule has 1 atom stereocenters. The highest BCUT2D eigenvalue weighted by Gasteiger charge is 2.32. The van der Waals surface area contributed by atoms with Gasteiger partial charge in [-0.2, -0.15) is 0 Å². The van der Waals surface area contributed by atoms with Gasteiger partial charge in [0.25, 0.3) is 10.0 Å². The van der Waals surface area contributed by atoms with E-state index in [4.69, 9.17) is 27.9 Å². The summed E-state index contributed by atoms with van der Waals surface area (Å²) >= 11 is 12.4. The zero-order valence-electron chi connectivity index (χ0n) is 22.2. The number of anilines is 1. The van der Waals surface area contributed by atoms with Gasteiger partial charge in [-0.05, 0) is 79.6 Å². The first kappa shape index (κ1) is 31.2. The van der Waals surface area contributed by atoms with Crippen LogP contribution in [0.5, 0.6) is 5.75 Å². The summed E-state index contributed by atoms with van der Waals surface area (Å²) in [6.45, 7) is 3.09. The molecule has 1 N–H and O–H groups in total. The molecule has 40 heavy (non-hydrogen) atoms. The van der Waals surface area contributed by atoms with Crippen LogP contribution in [0.1, 0.15) is 25.8 Å². The molecule has 0 heterocycles. The first-order valence-electron chi connectivity index (χ1n) is 12.4. The lowest BCUT2D eigenvalue weighted by Crippen LogP contribution is -2.51. The van der Waals surface area contributed by atoms with E-state index in [9.17, 15) is 22.4 Å². The fraction of sp³-hybridized carbons (Fsp3) is 0.286. The number of nitrogens with zero attached hydrogens (tertiary/aromatic N) is 2. The minimum Gasteiger partial charge on any atom is -0.497 e. The maximum Gasteiger partial charge on any atom is 0.264 e. The van der Waals surface area contributed by atoms with Gasteiger partial charge in [0.05, 0.1) is 17.7 Å². The lowest BCUT2D eigenvalue weighted by molar-refractivity contribution is -0.139. The Morgan fingerprint density at radius 2 is 1.68 bits per heavy atom. The Balaban J connectivity index is 2.03. The summed E-state index contributed by atoms with van der Waals surface area (Å²) in [6.07, 6.45) is 0.688. The fourth-order valence-electron chi connectivity index (χ4n) is 3.82. The number of benzene rings is 3. The maximum absolute atomic E-state index is 13.9. The van der Waals surface area contributed by atoms with Crippen LogP contribution >= 0.6 is 23.2 Å². The van der Waals surface area contributed by atoms with Crippen LogP contribution in [0, 0.1) is 5.82 Å². The average Bonchev–Trinajstić information content (AvgIpc) is 2.94. The van der Waals surface area contributed by atoms with Crippen molar-refractivity contribution in [3.63, 3.8) is 0 Å². The highest BCUT2D eigenvalue weighted by atomic mass is 35.5. The van der Waals surface area contributed by atoms with Gasteiger partial charge in [-0.25, -0.2) is 12.8 Å². The zero-order chi connectivity index (χ0) is 29.4. The average molecular weight is 611 g/mol. The van der Waals surface area contributed by atoms with Crippen molar-refractivity contribution >= 4 is 50.7 Å². The molecule has 0 fully saturated rings. The van der Waals surface area contributed by atoms with Gasteiger partial charge in [0.15, 0.2) is 0 Å². The molecular weight excluding hydrogens is 580 g/mol. The number of rotatable bonds is 12. The molecule has 3 aromatic rings. The third kappa shape index (κ3) is 7.65. The topological polar surface area (TPSA) is 96.0 Å². The van der Waals surface area contributed by atoms with E-state index in [1.165, 1.54) is 54.5 Å². The first-order valence-corrected chi connectivity index (χ1v) is 14.6. The summed E-state index contributed by atoms with van der Waals surface area (Å²) in [5.41, 5.74) is 0.582. The molecule has 0 radical (unpaired) electrons. The SMILES string of the molecule is CCCNC(=O)[C@H](C)N(Cc1ccc(Cl)cc1Cl)C(=O)CN(c1ccc(F)cc1)S(=O)(=O)c1ccc(OC)cc1. The van der Waals surface area contributed by atoms with Crippen molar-refractivity contribution < 1.29 is 27.1 Å². The van der Waals surface area contributed by atoms with E-state index in [0.717, 1.165) is 16.4 Å². The second-order valence-corrected chi connectivity index (χ2v) is 11.6. The van der Waals surface area contributed by atoms with Gasteiger partial charge in [0.1, 0.15) is 24.2 Å². The van der Waals surface area contributed by atoms with E-state index >= 15 is 0 Å². The monoisotopic (exact) mass is 609 g/mol. The van der Waals surface area contributed by atoms with Crippen LogP contribution < -0.4 is 14.4 Å². The summed E-state index contributed by atoms with van der Waals surface area (Å²) in [6, 6.07) is 14.2. The Kier molecular flexibility index (Phi) is 10.8. The molecule has 12 heteroatoms. The number of carbonyl (C=O) groups excluding carboxylic acids is 2. The lowest BCUT2D eigenvalue weighted by Gasteiger charge is -2.32. The summed E-state index contributed by atoms with van der Waals surface area (Å²) < 4.78 is 47.3. The predicted octanol–water partition coefficient (Wildman–Crippen LogP) is 5.28. The zero-order valence-corrected chi connectivity index (χ0v) is 24.6. The number of halogens is 3. The number of methoxy groups -OCH3 is 1. The highest BCUT2D eigenvalue weighted by Crippen LogP contribution is 2.27. The van der Waals surface area contributed by atoms with Gasteiger partial charge < -0.3 is 15.0 Å². The molecule has 0 bridgehead atoms. The Hall–Kier alpha value is -3.34. The number of ether oxygens (including phenoxy) is 1. The molecule has 3 aromatic carbocycles. The second-order valence-electron chi connectivity index (χ2n) is 8.89. The lowest BCUT2D eigenvalue weighted by atomic mass is 10.1. The van der Waals surface area contributed by atoms with Gasteiger partial charge >= 0.3 is 0 Å². The summed E-state index contributed by atoms with van der Waals surface area (Å²) in [5.74, 6) is -1.21. The van der Waals surface area contributed by atoms with Crippen LogP contribution in [0.3, 0.4) is 0 Å². The molecule has 3 rings (SSSR count). The van der Waals surface area contributed by atoms with Crippen LogP contribution in [-0.2, 0) is 26.2 Å². The van der Waals surface area contributed by atoms with Crippen LogP contribution in [-0.4, -0.2) is 51.4 Å². The molecule has 0 aliphatic rings. The Morgan fingerprint density at radius 3 is 2.25 bits per heavy atom. The first-order chi connectivity index (χ1) is 19.0. The van der Waals surface area contributed by atoms with Crippen molar-refractivity contribution in [2.75, 3.05) is 24.5 Å². The number of carbonyl (C=O) groups is 2. The largest absolute Gasteiger partial charge is 0.497 e. The minimum absolute atomic E-state index is 0.0677. The Labute approximate surface area is 243 Å². The molecule has 0 unspecified atom stereocenters. The third-order valence-corrected chi connectivity index (χ3v) is 8.49. The summed E-state index contributed by atoms with van der Waals surface area (Å²) in [4.78, 5) is 27.9. The van der Waals surface area contributed by atoms with Crippen LogP contribution in [0.15, 0.2) is 71.6 Å². The van der Waals surface area contributed by atoms with Crippen molar-refractivity contribution in [3.05, 3.63) is 88.2 Å². The van der Waals surface area contributed by atoms with E-state index < -0.39 is 40.2 Å². The van der Waals surface area contributed by atoms with Crippen molar-refractivity contribution in [2.24, 2.45) is 0 Å². The second kappa shape index (κ2) is 13.8. The van der Waals surface area contributed by atoms with E-state index in [0.29, 0.717) is 29.3 Å². The van der Waals surface area contributed by atoms with Crippen molar-refractivity contribution in [2.45, 2.75) is 37.8 Å². The van der Waals surface area contributed by atoms with Crippen molar-refractivity contribution in [1.29, 1.82) is 0 Å². The molecular formula is C28H30Cl2FN3O5S. The number of hydrogen-bond acceptors (Lipinski definition) is 5. The normalized spacial score (nSPS) is 11.9. The van der Waals surface area contributed by atoms with Gasteiger partial charge in [-0.3, -0.25) is 13.9 Å². The third-order valence-electron chi connectivity index (χ3n) is 6.11. The molecule has 0 saturated heterocycles. The summed E-state index contributed by atoms with van der Waals surface area (Å²) in [7, 11) is -2.85. The van der Waals surface area contributed by atoms with Gasteiger partial charge in [0.2, 0.25) is 11.8 Å². The standard InChI is InChI=1S/C28H30Cl2FN3O5S/c1-4-15-32-28(36)19(2)33(17-20-5-6-21(29)16-26(20)30)27(35)18-34(23-9-7-22(31)8-10-23)40(37,38)25-13-11-24(39-3)12-14-25/h5-14,16,19H,4,15,17-18H2,1-3H3,(H,32,36)/t19-/m0/s1. The van der Waals surface area contributed by atoms with Gasteiger partial charge in [0, 0.05) is 23.1 Å². The van der Waals surface area contributed by atoms with Crippen LogP contribution in [0.4, 0.5) is 10.1 Å². The molecule has 0 aliphatic carbocycles. The number of amides is 2.